The largest absolute Gasteiger partial charge is 0.466 e. The zero-order chi connectivity index (χ0) is 19.3. The highest BCUT2D eigenvalue weighted by atomic mass is 32.2. The minimum Gasteiger partial charge on any atom is -0.466 e. The van der Waals surface area contributed by atoms with Crippen LogP contribution in [0.4, 0.5) is 5.69 Å². The molecule has 8 heteroatoms. The molecule has 0 amide bonds. The van der Waals surface area contributed by atoms with Gasteiger partial charge in [-0.15, -0.1) is 0 Å². The fourth-order valence-electron chi connectivity index (χ4n) is 2.08. The molecular weight excluding hydrogens is 358 g/mol. The van der Waals surface area contributed by atoms with Gasteiger partial charge >= 0.3 is 11.9 Å². The molecule has 0 saturated heterocycles. The third-order valence-corrected chi connectivity index (χ3v) is 4.90. The Balaban J connectivity index is 2.17. The standard InChI is InChI=1S/C18H19NO6S/c1-12-7-9-16(10-8-12)26(22,23)19-15-6-4-5-14(11-15)18(21)25-13(2)17(20)24-3/h4-11,13,19H,1-3H3/t13-/m1/s1. The lowest BCUT2D eigenvalue weighted by Crippen LogP contribution is -2.25. The van der Waals surface area contributed by atoms with Crippen molar-refractivity contribution < 1.29 is 27.5 Å². The van der Waals surface area contributed by atoms with Crippen LogP contribution in [0.25, 0.3) is 0 Å². The molecule has 0 aliphatic rings. The van der Waals surface area contributed by atoms with Gasteiger partial charge in [0.25, 0.3) is 10.0 Å². The van der Waals surface area contributed by atoms with Crippen LogP contribution in [0.15, 0.2) is 53.4 Å². The predicted molar refractivity (Wildman–Crippen MR) is 95.3 cm³/mol. The van der Waals surface area contributed by atoms with Gasteiger partial charge in [-0.05, 0) is 44.2 Å². The second-order valence-electron chi connectivity index (χ2n) is 5.57. The van der Waals surface area contributed by atoms with Crippen molar-refractivity contribution in [3.05, 3.63) is 59.7 Å². The summed E-state index contributed by atoms with van der Waals surface area (Å²) in [4.78, 5) is 23.5. The smallest absolute Gasteiger partial charge is 0.346 e. The second-order valence-corrected chi connectivity index (χ2v) is 7.25. The number of methoxy groups -OCH3 is 1. The Kier molecular flexibility index (Phi) is 5.99. The fourth-order valence-corrected chi connectivity index (χ4v) is 3.13. The van der Waals surface area contributed by atoms with E-state index in [1.807, 2.05) is 6.92 Å². The third kappa shape index (κ3) is 4.82. The number of carbonyl (C=O) groups is 2. The minimum absolute atomic E-state index is 0.102. The average molecular weight is 377 g/mol. The molecule has 2 rings (SSSR count). The Morgan fingerprint density at radius 1 is 1.08 bits per heavy atom. The number of aryl methyl sites for hydroxylation is 1. The van der Waals surface area contributed by atoms with Crippen LogP contribution < -0.4 is 4.72 Å². The average Bonchev–Trinajstić information content (AvgIpc) is 2.61. The Hall–Kier alpha value is -2.87. The van der Waals surface area contributed by atoms with Gasteiger partial charge in [0.2, 0.25) is 0 Å². The first-order valence-corrected chi connectivity index (χ1v) is 9.19. The molecule has 0 unspecified atom stereocenters. The fraction of sp³-hybridized carbons (Fsp3) is 0.222. The summed E-state index contributed by atoms with van der Waals surface area (Å²) in [5.41, 5.74) is 1.24. The number of sulfonamides is 1. The van der Waals surface area contributed by atoms with Crippen LogP contribution in [-0.2, 0) is 24.3 Å². The molecule has 1 atom stereocenters. The molecule has 26 heavy (non-hydrogen) atoms. The molecule has 0 saturated carbocycles. The first-order chi connectivity index (χ1) is 12.2. The maximum absolute atomic E-state index is 12.4. The van der Waals surface area contributed by atoms with Crippen LogP contribution in [0, 0.1) is 6.92 Å². The molecule has 0 fully saturated rings. The van der Waals surface area contributed by atoms with Crippen LogP contribution in [0.2, 0.25) is 0 Å². The molecule has 0 radical (unpaired) electrons. The molecule has 2 aromatic rings. The van der Waals surface area contributed by atoms with Crippen molar-refractivity contribution in [2.45, 2.75) is 24.8 Å². The van der Waals surface area contributed by atoms with Crippen LogP contribution in [0.1, 0.15) is 22.8 Å². The summed E-state index contributed by atoms with van der Waals surface area (Å²) in [6.45, 7) is 3.24. The van der Waals surface area contributed by atoms with Gasteiger partial charge in [0.05, 0.1) is 17.6 Å². The van der Waals surface area contributed by atoms with Gasteiger partial charge < -0.3 is 9.47 Å². The van der Waals surface area contributed by atoms with E-state index in [1.54, 1.807) is 12.1 Å². The first kappa shape index (κ1) is 19.5. The predicted octanol–water partition coefficient (Wildman–Crippen LogP) is 2.51. The molecule has 0 aliphatic carbocycles. The second kappa shape index (κ2) is 8.01. The van der Waals surface area contributed by atoms with E-state index < -0.39 is 28.1 Å². The van der Waals surface area contributed by atoms with Gasteiger partial charge in [-0.1, -0.05) is 23.8 Å². The normalized spacial score (nSPS) is 12.1. The zero-order valence-electron chi connectivity index (χ0n) is 14.6. The van der Waals surface area contributed by atoms with Crippen molar-refractivity contribution in [3.8, 4) is 0 Å². The van der Waals surface area contributed by atoms with Gasteiger partial charge in [0, 0.05) is 5.69 Å². The van der Waals surface area contributed by atoms with Gasteiger partial charge in [0.1, 0.15) is 0 Å². The van der Waals surface area contributed by atoms with Crippen molar-refractivity contribution in [2.24, 2.45) is 0 Å². The SMILES string of the molecule is COC(=O)[C@@H](C)OC(=O)c1cccc(NS(=O)(=O)c2ccc(C)cc2)c1. The van der Waals surface area contributed by atoms with E-state index in [2.05, 4.69) is 9.46 Å². The molecule has 0 bridgehead atoms. The number of esters is 2. The van der Waals surface area contributed by atoms with Crippen molar-refractivity contribution in [1.29, 1.82) is 0 Å². The number of carbonyl (C=O) groups excluding carboxylic acids is 2. The highest BCUT2D eigenvalue weighted by molar-refractivity contribution is 7.92. The Labute approximate surface area is 152 Å². The highest BCUT2D eigenvalue weighted by Gasteiger charge is 2.20. The maximum atomic E-state index is 12.4. The lowest BCUT2D eigenvalue weighted by molar-refractivity contribution is -0.149. The van der Waals surface area contributed by atoms with Crippen LogP contribution >= 0.6 is 0 Å². The van der Waals surface area contributed by atoms with E-state index in [9.17, 15) is 18.0 Å². The molecule has 1 N–H and O–H groups in total. The summed E-state index contributed by atoms with van der Waals surface area (Å²) in [6, 6.07) is 12.2. The third-order valence-electron chi connectivity index (χ3n) is 3.50. The van der Waals surface area contributed by atoms with Gasteiger partial charge in [-0.3, -0.25) is 4.72 Å². The zero-order valence-corrected chi connectivity index (χ0v) is 15.4. The monoisotopic (exact) mass is 377 g/mol. The van der Waals surface area contributed by atoms with E-state index in [-0.39, 0.29) is 16.1 Å². The number of ether oxygens (including phenoxy) is 2. The van der Waals surface area contributed by atoms with Crippen LogP contribution in [0.3, 0.4) is 0 Å². The van der Waals surface area contributed by atoms with Crippen molar-refractivity contribution in [2.75, 3.05) is 11.8 Å². The number of benzene rings is 2. The lowest BCUT2D eigenvalue weighted by Gasteiger charge is -2.12. The summed E-state index contributed by atoms with van der Waals surface area (Å²) < 4.78 is 36.7. The van der Waals surface area contributed by atoms with E-state index in [0.717, 1.165) is 5.56 Å². The number of nitrogens with one attached hydrogen (secondary N) is 1. The number of hydrogen-bond donors (Lipinski definition) is 1. The molecule has 0 spiro atoms. The lowest BCUT2D eigenvalue weighted by atomic mass is 10.2. The van der Waals surface area contributed by atoms with Crippen LogP contribution in [-0.4, -0.2) is 33.6 Å². The van der Waals surface area contributed by atoms with Gasteiger partial charge in [-0.25, -0.2) is 18.0 Å². The van der Waals surface area contributed by atoms with Crippen LogP contribution in [0.5, 0.6) is 0 Å². The first-order valence-electron chi connectivity index (χ1n) is 7.71. The summed E-state index contributed by atoms with van der Waals surface area (Å²) in [7, 11) is -2.60. The number of anilines is 1. The summed E-state index contributed by atoms with van der Waals surface area (Å²) >= 11 is 0. The van der Waals surface area contributed by atoms with Crippen molar-refractivity contribution in [1.82, 2.24) is 0 Å². The van der Waals surface area contributed by atoms with Gasteiger partial charge in [-0.2, -0.15) is 0 Å². The molecule has 2 aromatic carbocycles. The quantitative estimate of drug-likeness (QED) is 0.777. The number of hydrogen-bond acceptors (Lipinski definition) is 6. The molecular formula is C18H19NO6S. The van der Waals surface area contributed by atoms with E-state index in [0.29, 0.717) is 0 Å². The maximum Gasteiger partial charge on any atom is 0.346 e. The topological polar surface area (TPSA) is 98.8 Å². The summed E-state index contributed by atoms with van der Waals surface area (Å²) in [6.07, 6.45) is -1.07. The summed E-state index contributed by atoms with van der Waals surface area (Å²) in [5, 5.41) is 0. The number of rotatable bonds is 6. The highest BCUT2D eigenvalue weighted by Crippen LogP contribution is 2.18. The van der Waals surface area contributed by atoms with Gasteiger partial charge in [0.15, 0.2) is 6.10 Å². The molecule has 138 valence electrons. The van der Waals surface area contributed by atoms with E-state index in [1.165, 1.54) is 50.4 Å². The Bertz CT molecular complexity index is 906. The molecule has 0 aromatic heterocycles. The Morgan fingerprint density at radius 2 is 1.73 bits per heavy atom. The van der Waals surface area contributed by atoms with Crippen molar-refractivity contribution >= 4 is 27.6 Å². The molecule has 0 heterocycles. The van der Waals surface area contributed by atoms with E-state index in [4.69, 9.17) is 4.74 Å². The van der Waals surface area contributed by atoms with E-state index >= 15 is 0 Å². The molecule has 0 aliphatic heterocycles. The minimum atomic E-state index is -3.79. The molecule has 7 nitrogen and oxygen atoms in total. The Morgan fingerprint density at radius 3 is 2.35 bits per heavy atom. The summed E-state index contributed by atoms with van der Waals surface area (Å²) in [5.74, 6) is -1.45. The van der Waals surface area contributed by atoms with Crippen molar-refractivity contribution in [3.63, 3.8) is 0 Å².